The Morgan fingerprint density at radius 1 is 1.05 bits per heavy atom. The van der Waals surface area contributed by atoms with Gasteiger partial charge in [-0.1, -0.05) is 30.3 Å². The second kappa shape index (κ2) is 12.6. The quantitative estimate of drug-likeness (QED) is 0.103. The lowest BCUT2D eigenvalue weighted by Crippen LogP contribution is -2.74. The summed E-state index contributed by atoms with van der Waals surface area (Å²) in [5.74, 6) is -3.87. The number of nitrogens with one attached hydrogen (secondary N) is 1. The van der Waals surface area contributed by atoms with Crippen molar-refractivity contribution < 1.29 is 33.6 Å². The predicted molar refractivity (Wildman–Crippen MR) is 167 cm³/mol. The smallest absolute Gasteiger partial charge is 0.344 e. The third-order valence-electron chi connectivity index (χ3n) is 7.60. The molecule has 0 radical (unpaired) electrons. The maximum Gasteiger partial charge on any atom is 0.344 e. The fourth-order valence-corrected chi connectivity index (χ4v) is 9.24. The Morgan fingerprint density at radius 2 is 1.70 bits per heavy atom. The van der Waals surface area contributed by atoms with Gasteiger partial charge in [0, 0.05) is 12.1 Å². The van der Waals surface area contributed by atoms with Gasteiger partial charge in [-0.2, -0.15) is 11.3 Å². The Morgan fingerprint density at radius 3 is 2.32 bits per heavy atom. The van der Waals surface area contributed by atoms with Crippen molar-refractivity contribution in [1.29, 1.82) is 0 Å². The number of nitro groups is 1. The molecule has 3 heterocycles. The zero-order valence-electron chi connectivity index (χ0n) is 24.0. The highest BCUT2D eigenvalue weighted by Gasteiger charge is 2.73. The fraction of sp³-hybridized carbons (Fsp3) is 0.333. The number of carbonyl (C=O) groups excluding carboxylic acids is 4. The van der Waals surface area contributed by atoms with Crippen molar-refractivity contribution in [2.45, 2.75) is 54.0 Å². The van der Waals surface area contributed by atoms with Crippen LogP contribution in [0.25, 0.3) is 0 Å². The summed E-state index contributed by atoms with van der Waals surface area (Å²) in [7, 11) is 0. The molecule has 2 saturated heterocycles. The van der Waals surface area contributed by atoms with Gasteiger partial charge in [0.1, 0.15) is 24.6 Å². The standard InChI is InChI=1S/C30H29N3O8S3/c1-29(2)30(42-3,28(37)41-16-18-7-5-4-6-8-18)32-25(35)23(26(32)44-29)31-24(34)22(20-13-14-43-17-20)27(36)40-15-19-9-11-21(12-10-19)33(38)39/h4-14,17,22-23,26H,15-16H2,1-3H3,(H,31,34)/t22?,23-,26-,30-/m1/s1. The first-order valence-electron chi connectivity index (χ1n) is 13.5. The number of ether oxygens (including phenoxy) is 2. The zero-order chi connectivity index (χ0) is 31.6. The van der Waals surface area contributed by atoms with Crippen LogP contribution in [0.3, 0.4) is 0 Å². The largest absolute Gasteiger partial charge is 0.460 e. The van der Waals surface area contributed by atoms with Gasteiger partial charge in [-0.25, -0.2) is 4.79 Å². The molecule has 2 fully saturated rings. The predicted octanol–water partition coefficient (Wildman–Crippen LogP) is 4.46. The number of β-lactam (4-membered cyclic amide) rings is 1. The first kappa shape index (κ1) is 31.5. The highest BCUT2D eigenvalue weighted by Crippen LogP contribution is 2.61. The highest BCUT2D eigenvalue weighted by molar-refractivity contribution is 8.06. The number of carbonyl (C=O) groups is 4. The minimum atomic E-state index is -1.35. The lowest BCUT2D eigenvalue weighted by atomic mass is 9.94. The van der Waals surface area contributed by atoms with Crippen LogP contribution in [0.15, 0.2) is 71.4 Å². The minimum Gasteiger partial charge on any atom is -0.460 e. The molecule has 11 nitrogen and oxygen atoms in total. The number of thiophene rings is 1. The number of rotatable bonds is 11. The number of benzene rings is 2. The van der Waals surface area contributed by atoms with Crippen LogP contribution < -0.4 is 5.32 Å². The third kappa shape index (κ3) is 5.69. The summed E-state index contributed by atoms with van der Waals surface area (Å²) in [6.45, 7) is 3.59. The van der Waals surface area contributed by atoms with Crippen molar-refractivity contribution in [2.75, 3.05) is 6.26 Å². The summed E-state index contributed by atoms with van der Waals surface area (Å²) in [5.41, 5.74) is 1.64. The van der Waals surface area contributed by atoms with Crippen molar-refractivity contribution >= 4 is 64.3 Å². The number of amides is 2. The molecule has 2 amide bonds. The number of nitrogens with zero attached hydrogens (tertiary/aromatic N) is 2. The Kier molecular flexibility index (Phi) is 9.05. The van der Waals surface area contributed by atoms with Crippen molar-refractivity contribution in [2.24, 2.45) is 0 Å². The number of hydrogen-bond acceptors (Lipinski definition) is 11. The molecule has 2 aromatic carbocycles. The molecule has 1 unspecified atom stereocenters. The molecule has 2 aliphatic heterocycles. The average molecular weight is 656 g/mol. The van der Waals surface area contributed by atoms with Crippen LogP contribution in [0.2, 0.25) is 0 Å². The highest BCUT2D eigenvalue weighted by atomic mass is 32.2. The minimum absolute atomic E-state index is 0.0555. The maximum absolute atomic E-state index is 13.6. The number of nitro benzene ring substituents is 1. The van der Waals surface area contributed by atoms with Crippen molar-refractivity contribution in [1.82, 2.24) is 10.2 Å². The molecule has 0 spiro atoms. The average Bonchev–Trinajstić information content (AvgIpc) is 3.61. The normalized spacial score (nSPS) is 22.3. The van der Waals surface area contributed by atoms with Crippen LogP contribution in [0.1, 0.15) is 36.5 Å². The Hall–Kier alpha value is -3.88. The summed E-state index contributed by atoms with van der Waals surface area (Å²) in [4.78, 5) is 64.5. The van der Waals surface area contributed by atoms with E-state index in [-0.39, 0.29) is 18.9 Å². The van der Waals surface area contributed by atoms with Crippen LogP contribution in [-0.4, -0.2) is 60.9 Å². The van der Waals surface area contributed by atoms with Crippen LogP contribution in [-0.2, 0) is 41.9 Å². The van der Waals surface area contributed by atoms with E-state index in [2.05, 4.69) is 5.32 Å². The lowest BCUT2D eigenvalue weighted by molar-refractivity contribution is -0.384. The van der Waals surface area contributed by atoms with Gasteiger partial charge in [0.25, 0.3) is 11.6 Å². The molecule has 1 aromatic heterocycles. The summed E-state index contributed by atoms with van der Waals surface area (Å²) >= 11 is 3.91. The van der Waals surface area contributed by atoms with E-state index in [9.17, 15) is 29.3 Å². The van der Waals surface area contributed by atoms with Crippen LogP contribution in [0.5, 0.6) is 0 Å². The summed E-state index contributed by atoms with van der Waals surface area (Å²) in [5, 5.41) is 16.5. The molecule has 2 aliphatic rings. The van der Waals surface area contributed by atoms with E-state index in [1.807, 2.05) is 44.2 Å². The molecule has 0 aliphatic carbocycles. The molecular weight excluding hydrogens is 627 g/mol. The summed E-state index contributed by atoms with van der Waals surface area (Å²) in [6, 6.07) is 15.4. The zero-order valence-corrected chi connectivity index (χ0v) is 26.4. The van der Waals surface area contributed by atoms with Crippen molar-refractivity contribution in [3.8, 4) is 0 Å². The van der Waals surface area contributed by atoms with Gasteiger partial charge >= 0.3 is 11.9 Å². The van der Waals surface area contributed by atoms with Gasteiger partial charge in [0.2, 0.25) is 10.8 Å². The van der Waals surface area contributed by atoms with Gasteiger partial charge in [-0.05, 0) is 65.8 Å². The van der Waals surface area contributed by atoms with Gasteiger partial charge in [0.05, 0.1) is 9.67 Å². The van der Waals surface area contributed by atoms with Gasteiger partial charge in [-0.3, -0.25) is 24.5 Å². The number of esters is 2. The Balaban J connectivity index is 1.29. The van der Waals surface area contributed by atoms with Crippen molar-refractivity contribution in [3.05, 3.63) is 98.2 Å². The molecule has 0 bridgehead atoms. The number of hydrogen-bond donors (Lipinski definition) is 1. The fourth-order valence-electron chi connectivity index (χ4n) is 5.34. The van der Waals surface area contributed by atoms with Gasteiger partial charge < -0.3 is 19.7 Å². The second-order valence-electron chi connectivity index (χ2n) is 10.6. The molecule has 3 aromatic rings. The second-order valence-corrected chi connectivity index (χ2v) is 14.2. The van der Waals surface area contributed by atoms with Crippen LogP contribution in [0, 0.1) is 10.1 Å². The molecule has 0 saturated carbocycles. The Bertz CT molecular complexity index is 1570. The van der Waals surface area contributed by atoms with Gasteiger partial charge in [0.15, 0.2) is 5.92 Å². The first-order valence-corrected chi connectivity index (χ1v) is 16.5. The van der Waals surface area contributed by atoms with Gasteiger partial charge in [-0.15, -0.1) is 23.5 Å². The maximum atomic E-state index is 13.6. The molecule has 230 valence electrons. The SMILES string of the molecule is CS[C@@]1(C(=O)OCc2ccccc2)N2C(=O)[C@@H](NC(=O)C(C(=O)OCc3ccc([N+](=O)[O-])cc3)c3ccsc3)[C@H]2SC1(C)C. The van der Waals surface area contributed by atoms with E-state index in [0.29, 0.717) is 11.1 Å². The molecular formula is C30H29N3O8S3. The van der Waals surface area contributed by atoms with E-state index in [4.69, 9.17) is 9.47 Å². The number of thioether (sulfide) groups is 2. The molecule has 1 N–H and O–H groups in total. The topological polar surface area (TPSA) is 145 Å². The molecule has 4 atom stereocenters. The monoisotopic (exact) mass is 655 g/mol. The third-order valence-corrected chi connectivity index (χ3v) is 11.5. The summed E-state index contributed by atoms with van der Waals surface area (Å²) in [6.07, 6.45) is 1.75. The van der Waals surface area contributed by atoms with Crippen molar-refractivity contribution in [3.63, 3.8) is 0 Å². The van der Waals surface area contributed by atoms with E-state index in [1.54, 1.807) is 23.1 Å². The Labute approximate surface area is 265 Å². The molecule has 5 rings (SSSR count). The summed E-state index contributed by atoms with van der Waals surface area (Å²) < 4.78 is 10.4. The van der Waals surface area contributed by atoms with E-state index in [1.165, 1.54) is 64.0 Å². The molecule has 14 heteroatoms. The molecule has 44 heavy (non-hydrogen) atoms. The number of non-ortho nitro benzene ring substituents is 1. The first-order chi connectivity index (χ1) is 21.0. The number of fused-ring (bicyclic) bond motifs is 1. The van der Waals surface area contributed by atoms with E-state index < -0.39 is 55.6 Å². The lowest BCUT2D eigenvalue weighted by Gasteiger charge is -2.49. The van der Waals surface area contributed by atoms with E-state index >= 15 is 0 Å². The van der Waals surface area contributed by atoms with Crippen LogP contribution >= 0.6 is 34.9 Å². The van der Waals surface area contributed by atoms with E-state index in [0.717, 1.165) is 5.56 Å². The van der Waals surface area contributed by atoms with Crippen LogP contribution in [0.4, 0.5) is 5.69 Å².